The Labute approximate surface area is 133 Å². The van der Waals surface area contributed by atoms with E-state index in [0.717, 1.165) is 5.56 Å². The molecular formula is C15H19N5O3. The monoisotopic (exact) mass is 317 g/mol. The van der Waals surface area contributed by atoms with E-state index in [4.69, 9.17) is 0 Å². The number of carbonyl (C=O) groups is 2. The summed E-state index contributed by atoms with van der Waals surface area (Å²) in [5.41, 5.74) is 1.34. The largest absolute Gasteiger partial charge is 0.465 e. The Morgan fingerprint density at radius 2 is 2.00 bits per heavy atom. The lowest BCUT2D eigenvalue weighted by Gasteiger charge is -2.14. The molecule has 2 rings (SSSR count). The second kappa shape index (κ2) is 7.39. The summed E-state index contributed by atoms with van der Waals surface area (Å²) in [4.78, 5) is 23.2. The van der Waals surface area contributed by atoms with Gasteiger partial charge in [0.1, 0.15) is 6.33 Å². The van der Waals surface area contributed by atoms with Crippen LogP contribution in [-0.2, 0) is 18.3 Å². The van der Waals surface area contributed by atoms with Gasteiger partial charge in [-0.2, -0.15) is 0 Å². The number of esters is 1. The number of ether oxygens (including phenoxy) is 1. The first-order valence-corrected chi connectivity index (χ1v) is 7.06. The Morgan fingerprint density at radius 3 is 2.57 bits per heavy atom. The molecule has 1 aromatic carbocycles. The van der Waals surface area contributed by atoms with Crippen LogP contribution in [0, 0.1) is 0 Å². The summed E-state index contributed by atoms with van der Waals surface area (Å²) in [7, 11) is 3.15. The smallest absolute Gasteiger partial charge is 0.337 e. The van der Waals surface area contributed by atoms with Crippen molar-refractivity contribution in [3.63, 3.8) is 0 Å². The van der Waals surface area contributed by atoms with Gasteiger partial charge in [-0.15, -0.1) is 10.2 Å². The molecule has 0 saturated heterocycles. The molecule has 2 aromatic rings. The lowest BCUT2D eigenvalue weighted by molar-refractivity contribution is 0.0600. The molecule has 23 heavy (non-hydrogen) atoms. The molecule has 1 atom stereocenters. The number of nitrogens with zero attached hydrogens (tertiary/aromatic N) is 3. The minimum atomic E-state index is -0.389. The zero-order chi connectivity index (χ0) is 16.8. The zero-order valence-electron chi connectivity index (χ0n) is 13.2. The van der Waals surface area contributed by atoms with Crippen LogP contribution in [-0.4, -0.2) is 33.9 Å². The van der Waals surface area contributed by atoms with Gasteiger partial charge in [0.25, 0.3) is 0 Å². The van der Waals surface area contributed by atoms with E-state index in [2.05, 4.69) is 25.6 Å². The van der Waals surface area contributed by atoms with Gasteiger partial charge in [-0.3, -0.25) is 0 Å². The molecule has 8 heteroatoms. The van der Waals surface area contributed by atoms with Crippen LogP contribution in [0.5, 0.6) is 0 Å². The van der Waals surface area contributed by atoms with Crippen LogP contribution in [0.4, 0.5) is 4.79 Å². The summed E-state index contributed by atoms with van der Waals surface area (Å²) in [5, 5.41) is 13.3. The highest BCUT2D eigenvalue weighted by Gasteiger charge is 2.13. The van der Waals surface area contributed by atoms with Crippen LogP contribution < -0.4 is 10.6 Å². The SMILES string of the molecule is COC(=O)c1ccc(CNC(=O)N[C@@H](C)c2nncn2C)cc1. The van der Waals surface area contributed by atoms with Crippen LogP contribution >= 0.6 is 0 Å². The van der Waals surface area contributed by atoms with Crippen molar-refractivity contribution >= 4 is 12.0 Å². The van der Waals surface area contributed by atoms with Gasteiger partial charge < -0.3 is 19.9 Å². The number of carbonyl (C=O) groups excluding carboxylic acids is 2. The highest BCUT2D eigenvalue weighted by atomic mass is 16.5. The van der Waals surface area contributed by atoms with Crippen molar-refractivity contribution < 1.29 is 14.3 Å². The number of benzene rings is 1. The number of methoxy groups -OCH3 is 1. The number of aryl methyl sites for hydroxylation is 1. The van der Waals surface area contributed by atoms with Crippen LogP contribution in [0.25, 0.3) is 0 Å². The van der Waals surface area contributed by atoms with Crippen LogP contribution in [0.2, 0.25) is 0 Å². The summed E-state index contributed by atoms with van der Waals surface area (Å²) in [5.74, 6) is 0.280. The van der Waals surface area contributed by atoms with Crippen LogP contribution in [0.3, 0.4) is 0 Å². The predicted molar refractivity (Wildman–Crippen MR) is 82.6 cm³/mol. The van der Waals surface area contributed by atoms with Gasteiger partial charge in [0.2, 0.25) is 0 Å². The van der Waals surface area contributed by atoms with Crippen molar-refractivity contribution in [1.82, 2.24) is 25.4 Å². The first-order valence-electron chi connectivity index (χ1n) is 7.06. The Kier molecular flexibility index (Phi) is 5.29. The minimum Gasteiger partial charge on any atom is -0.465 e. The molecule has 0 aliphatic rings. The van der Waals surface area contributed by atoms with Crippen LogP contribution in [0.15, 0.2) is 30.6 Å². The van der Waals surface area contributed by atoms with Gasteiger partial charge in [-0.1, -0.05) is 12.1 Å². The highest BCUT2D eigenvalue weighted by molar-refractivity contribution is 5.89. The van der Waals surface area contributed by atoms with E-state index < -0.39 is 0 Å². The van der Waals surface area contributed by atoms with Crippen molar-refractivity contribution in [2.24, 2.45) is 7.05 Å². The molecular weight excluding hydrogens is 298 g/mol. The fourth-order valence-electron chi connectivity index (χ4n) is 2.06. The molecule has 0 spiro atoms. The Bertz CT molecular complexity index is 681. The molecule has 2 amide bonds. The van der Waals surface area contributed by atoms with E-state index in [-0.39, 0.29) is 18.0 Å². The molecule has 0 saturated carbocycles. The lowest BCUT2D eigenvalue weighted by atomic mass is 10.1. The summed E-state index contributed by atoms with van der Waals surface area (Å²) in [6.07, 6.45) is 1.58. The number of hydrogen-bond donors (Lipinski definition) is 2. The number of rotatable bonds is 5. The standard InChI is InChI=1S/C15H19N5O3/c1-10(13-19-17-9-20(13)2)18-15(22)16-8-11-4-6-12(7-5-11)14(21)23-3/h4-7,9-10H,8H2,1-3H3,(H2,16,18,22)/t10-/m0/s1. The maximum Gasteiger partial charge on any atom is 0.337 e. The van der Waals surface area contributed by atoms with Gasteiger partial charge in [-0.25, -0.2) is 9.59 Å². The summed E-state index contributed by atoms with van der Waals surface area (Å²) in [6, 6.07) is 6.27. The number of urea groups is 1. The first-order chi connectivity index (χ1) is 11.0. The fraction of sp³-hybridized carbons (Fsp3) is 0.333. The molecule has 2 N–H and O–H groups in total. The molecule has 0 bridgehead atoms. The average molecular weight is 317 g/mol. The van der Waals surface area contributed by atoms with Crippen molar-refractivity contribution in [2.45, 2.75) is 19.5 Å². The van der Waals surface area contributed by atoms with Gasteiger partial charge >= 0.3 is 12.0 Å². The maximum atomic E-state index is 11.9. The van der Waals surface area contributed by atoms with Gasteiger partial charge in [-0.05, 0) is 24.6 Å². The topological polar surface area (TPSA) is 98.1 Å². The second-order valence-corrected chi connectivity index (χ2v) is 5.04. The second-order valence-electron chi connectivity index (χ2n) is 5.04. The number of nitrogens with one attached hydrogen (secondary N) is 2. The third-order valence-corrected chi connectivity index (χ3v) is 3.31. The van der Waals surface area contributed by atoms with Gasteiger partial charge in [0.15, 0.2) is 5.82 Å². The van der Waals surface area contributed by atoms with Gasteiger partial charge in [0, 0.05) is 13.6 Å². The van der Waals surface area contributed by atoms with Crippen molar-refractivity contribution in [1.29, 1.82) is 0 Å². The number of aromatic nitrogens is 3. The Morgan fingerprint density at radius 1 is 1.30 bits per heavy atom. The minimum absolute atomic E-state index is 0.260. The fourth-order valence-corrected chi connectivity index (χ4v) is 2.06. The third-order valence-electron chi connectivity index (χ3n) is 3.31. The first kappa shape index (κ1) is 16.5. The molecule has 0 unspecified atom stereocenters. The maximum absolute atomic E-state index is 11.9. The Hall–Kier alpha value is -2.90. The van der Waals surface area contributed by atoms with E-state index in [1.165, 1.54) is 7.11 Å². The molecule has 1 aromatic heterocycles. The molecule has 0 aliphatic carbocycles. The quantitative estimate of drug-likeness (QED) is 0.806. The molecule has 122 valence electrons. The predicted octanol–water partition coefficient (Wildman–Crippen LogP) is 1.16. The van der Waals surface area contributed by atoms with Gasteiger partial charge in [0.05, 0.1) is 18.7 Å². The van der Waals surface area contributed by atoms with E-state index >= 15 is 0 Å². The number of hydrogen-bond acceptors (Lipinski definition) is 5. The van der Waals surface area contributed by atoms with E-state index in [1.54, 1.807) is 35.2 Å². The molecule has 1 heterocycles. The summed E-state index contributed by atoms with van der Waals surface area (Å²) in [6.45, 7) is 2.17. The van der Waals surface area contributed by atoms with Crippen molar-refractivity contribution in [3.05, 3.63) is 47.5 Å². The lowest BCUT2D eigenvalue weighted by Crippen LogP contribution is -2.37. The molecule has 0 fully saturated rings. The summed E-state index contributed by atoms with van der Waals surface area (Å²) >= 11 is 0. The van der Waals surface area contributed by atoms with Crippen molar-refractivity contribution in [3.8, 4) is 0 Å². The van der Waals surface area contributed by atoms with E-state index in [9.17, 15) is 9.59 Å². The molecule has 0 radical (unpaired) electrons. The third kappa shape index (κ3) is 4.29. The zero-order valence-corrected chi connectivity index (χ0v) is 13.2. The van der Waals surface area contributed by atoms with E-state index in [0.29, 0.717) is 17.9 Å². The highest BCUT2D eigenvalue weighted by Crippen LogP contribution is 2.07. The van der Waals surface area contributed by atoms with Crippen LogP contribution in [0.1, 0.15) is 34.7 Å². The van der Waals surface area contributed by atoms with E-state index in [1.807, 2.05) is 14.0 Å². The normalized spacial score (nSPS) is 11.6. The molecule has 8 nitrogen and oxygen atoms in total. The van der Waals surface area contributed by atoms with Crippen molar-refractivity contribution in [2.75, 3.05) is 7.11 Å². The number of amides is 2. The Balaban J connectivity index is 1.84. The average Bonchev–Trinajstić information content (AvgIpc) is 2.99. The summed E-state index contributed by atoms with van der Waals surface area (Å²) < 4.78 is 6.38. The molecule has 0 aliphatic heterocycles.